The van der Waals surface area contributed by atoms with E-state index >= 15 is 0 Å². The van der Waals surface area contributed by atoms with E-state index in [1.807, 2.05) is 35.2 Å². The van der Waals surface area contributed by atoms with E-state index < -0.39 is 12.2 Å². The van der Waals surface area contributed by atoms with E-state index in [2.05, 4.69) is 9.97 Å². The van der Waals surface area contributed by atoms with Crippen molar-refractivity contribution in [2.45, 2.75) is 25.7 Å². The fourth-order valence-corrected chi connectivity index (χ4v) is 2.80. The molecule has 1 aromatic heterocycles. The molecule has 5 nitrogen and oxygen atoms in total. The van der Waals surface area contributed by atoms with Gasteiger partial charge < -0.3 is 9.64 Å². The number of rotatable bonds is 5. The molecule has 2 heterocycles. The number of anilines is 1. The SMILES string of the molecule is CC(N1CCN(c2ncc(OCc3ccccc3)cn2)CC1)C(F)(F)F. The Hall–Kier alpha value is -2.35. The summed E-state index contributed by atoms with van der Waals surface area (Å²) in [6.07, 6.45) is -1.01. The highest BCUT2D eigenvalue weighted by molar-refractivity contribution is 5.32. The van der Waals surface area contributed by atoms with E-state index in [1.165, 1.54) is 11.8 Å². The van der Waals surface area contributed by atoms with Gasteiger partial charge in [-0.05, 0) is 12.5 Å². The molecule has 1 atom stereocenters. The number of hydrogen-bond acceptors (Lipinski definition) is 5. The van der Waals surface area contributed by atoms with Crippen molar-refractivity contribution < 1.29 is 17.9 Å². The van der Waals surface area contributed by atoms with Crippen molar-refractivity contribution >= 4 is 5.95 Å². The molecular formula is C18H21F3N4O. The van der Waals surface area contributed by atoms with Gasteiger partial charge in [-0.2, -0.15) is 13.2 Å². The summed E-state index contributed by atoms with van der Waals surface area (Å²) in [5, 5.41) is 0. The number of ether oxygens (including phenoxy) is 1. The summed E-state index contributed by atoms with van der Waals surface area (Å²) < 4.78 is 44.0. The number of nitrogens with zero attached hydrogens (tertiary/aromatic N) is 4. The standard InChI is InChI=1S/C18H21F3N4O/c1-14(18(19,20)21)24-7-9-25(10-8-24)17-22-11-16(12-23-17)26-13-15-5-3-2-4-6-15/h2-6,11-12,14H,7-10,13H2,1H3. The van der Waals surface area contributed by atoms with Crippen molar-refractivity contribution in [2.24, 2.45) is 0 Å². The van der Waals surface area contributed by atoms with Gasteiger partial charge in [-0.1, -0.05) is 30.3 Å². The topological polar surface area (TPSA) is 41.5 Å². The molecule has 0 N–H and O–H groups in total. The average molecular weight is 366 g/mol. The van der Waals surface area contributed by atoms with E-state index in [-0.39, 0.29) is 0 Å². The van der Waals surface area contributed by atoms with Crippen molar-refractivity contribution in [3.63, 3.8) is 0 Å². The van der Waals surface area contributed by atoms with Crippen LogP contribution in [0.15, 0.2) is 42.7 Å². The highest BCUT2D eigenvalue weighted by atomic mass is 19.4. The second kappa shape index (κ2) is 7.90. The number of piperazine rings is 1. The van der Waals surface area contributed by atoms with Crippen LogP contribution in [-0.4, -0.2) is 53.3 Å². The molecule has 1 aliphatic rings. The van der Waals surface area contributed by atoms with E-state index in [1.54, 1.807) is 12.4 Å². The Morgan fingerprint density at radius 2 is 1.65 bits per heavy atom. The normalized spacial score (nSPS) is 17.2. The van der Waals surface area contributed by atoms with Gasteiger partial charge in [-0.25, -0.2) is 9.97 Å². The van der Waals surface area contributed by atoms with Crippen molar-refractivity contribution in [1.29, 1.82) is 0 Å². The number of alkyl halides is 3. The Bertz CT molecular complexity index is 686. The molecule has 0 radical (unpaired) electrons. The smallest absolute Gasteiger partial charge is 0.403 e. The van der Waals surface area contributed by atoms with Gasteiger partial charge in [-0.3, -0.25) is 4.90 Å². The van der Waals surface area contributed by atoms with E-state index in [0.717, 1.165) is 5.56 Å². The Balaban J connectivity index is 1.52. The molecule has 0 spiro atoms. The third-order valence-electron chi connectivity index (χ3n) is 4.48. The first-order valence-corrected chi connectivity index (χ1v) is 8.48. The van der Waals surface area contributed by atoms with Crippen LogP contribution in [-0.2, 0) is 6.61 Å². The minimum atomic E-state index is -4.20. The molecule has 1 aromatic carbocycles. The number of halogens is 3. The number of benzene rings is 1. The van der Waals surface area contributed by atoms with Crippen molar-refractivity contribution in [2.75, 3.05) is 31.1 Å². The van der Waals surface area contributed by atoms with Gasteiger partial charge in [0, 0.05) is 26.2 Å². The van der Waals surface area contributed by atoms with Crippen molar-refractivity contribution in [1.82, 2.24) is 14.9 Å². The molecular weight excluding hydrogens is 345 g/mol. The molecule has 0 bridgehead atoms. The number of hydrogen-bond donors (Lipinski definition) is 0. The molecule has 0 aliphatic carbocycles. The maximum atomic E-state index is 12.8. The fraction of sp³-hybridized carbons (Fsp3) is 0.444. The quantitative estimate of drug-likeness (QED) is 0.813. The van der Waals surface area contributed by atoms with Crippen molar-refractivity contribution in [3.8, 4) is 5.75 Å². The molecule has 1 saturated heterocycles. The summed E-state index contributed by atoms with van der Waals surface area (Å²) in [4.78, 5) is 11.9. The minimum Gasteiger partial charge on any atom is -0.486 e. The third kappa shape index (κ3) is 4.63. The molecule has 2 aromatic rings. The van der Waals surface area contributed by atoms with E-state index in [0.29, 0.717) is 44.5 Å². The average Bonchev–Trinajstić information content (AvgIpc) is 2.66. The Kier molecular flexibility index (Phi) is 5.61. The van der Waals surface area contributed by atoms with E-state index in [4.69, 9.17) is 4.74 Å². The van der Waals surface area contributed by atoms with Gasteiger partial charge in [-0.15, -0.1) is 0 Å². The second-order valence-corrected chi connectivity index (χ2v) is 6.23. The molecule has 0 saturated carbocycles. The van der Waals surface area contributed by atoms with Crippen LogP contribution in [0.3, 0.4) is 0 Å². The zero-order chi connectivity index (χ0) is 18.6. The maximum absolute atomic E-state index is 12.8. The zero-order valence-electron chi connectivity index (χ0n) is 14.5. The monoisotopic (exact) mass is 366 g/mol. The highest BCUT2D eigenvalue weighted by Gasteiger charge is 2.40. The first-order chi connectivity index (χ1) is 12.4. The van der Waals surface area contributed by atoms with Crippen LogP contribution < -0.4 is 9.64 Å². The van der Waals surface area contributed by atoms with Crippen LogP contribution in [0.2, 0.25) is 0 Å². The maximum Gasteiger partial charge on any atom is 0.403 e. The highest BCUT2D eigenvalue weighted by Crippen LogP contribution is 2.25. The lowest BCUT2D eigenvalue weighted by Gasteiger charge is -2.38. The summed E-state index contributed by atoms with van der Waals surface area (Å²) in [5.41, 5.74) is 1.05. The minimum absolute atomic E-state index is 0.330. The van der Waals surface area contributed by atoms with Gasteiger partial charge in [0.05, 0.1) is 12.4 Å². The fourth-order valence-electron chi connectivity index (χ4n) is 2.80. The Labute approximate surface area is 150 Å². The predicted octanol–water partition coefficient (Wildman–Crippen LogP) is 3.13. The summed E-state index contributed by atoms with van der Waals surface area (Å²) >= 11 is 0. The Morgan fingerprint density at radius 3 is 2.23 bits per heavy atom. The van der Waals surface area contributed by atoms with Crippen LogP contribution in [0, 0.1) is 0 Å². The molecule has 26 heavy (non-hydrogen) atoms. The Morgan fingerprint density at radius 1 is 1.04 bits per heavy atom. The summed E-state index contributed by atoms with van der Waals surface area (Å²) in [6.45, 7) is 3.21. The first kappa shape index (κ1) is 18.4. The van der Waals surface area contributed by atoms with Crippen LogP contribution >= 0.6 is 0 Å². The molecule has 140 valence electrons. The van der Waals surface area contributed by atoms with Gasteiger partial charge in [0.2, 0.25) is 5.95 Å². The summed E-state index contributed by atoms with van der Waals surface area (Å²) in [5.74, 6) is 1.07. The third-order valence-corrected chi connectivity index (χ3v) is 4.48. The lowest BCUT2D eigenvalue weighted by molar-refractivity contribution is -0.179. The lowest BCUT2D eigenvalue weighted by Crippen LogP contribution is -2.54. The predicted molar refractivity (Wildman–Crippen MR) is 92.1 cm³/mol. The van der Waals surface area contributed by atoms with E-state index in [9.17, 15) is 13.2 Å². The van der Waals surface area contributed by atoms with Gasteiger partial charge in [0.15, 0.2) is 5.75 Å². The molecule has 1 aliphatic heterocycles. The van der Waals surface area contributed by atoms with Crippen molar-refractivity contribution in [3.05, 3.63) is 48.3 Å². The van der Waals surface area contributed by atoms with Crippen LogP contribution in [0.5, 0.6) is 5.75 Å². The molecule has 0 amide bonds. The van der Waals surface area contributed by atoms with Crippen LogP contribution in [0.25, 0.3) is 0 Å². The largest absolute Gasteiger partial charge is 0.486 e. The first-order valence-electron chi connectivity index (χ1n) is 8.48. The van der Waals surface area contributed by atoms with Crippen LogP contribution in [0.1, 0.15) is 12.5 Å². The molecule has 3 rings (SSSR count). The van der Waals surface area contributed by atoms with Crippen LogP contribution in [0.4, 0.5) is 19.1 Å². The lowest BCUT2D eigenvalue weighted by atomic mass is 10.2. The molecule has 1 unspecified atom stereocenters. The zero-order valence-corrected chi connectivity index (χ0v) is 14.5. The second-order valence-electron chi connectivity index (χ2n) is 6.23. The van der Waals surface area contributed by atoms with Gasteiger partial charge >= 0.3 is 6.18 Å². The molecule has 1 fully saturated rings. The number of aromatic nitrogens is 2. The van der Waals surface area contributed by atoms with Gasteiger partial charge in [0.1, 0.15) is 12.6 Å². The molecule has 8 heteroatoms. The van der Waals surface area contributed by atoms with Gasteiger partial charge in [0.25, 0.3) is 0 Å². The summed E-state index contributed by atoms with van der Waals surface area (Å²) in [6, 6.07) is 8.33. The summed E-state index contributed by atoms with van der Waals surface area (Å²) in [7, 11) is 0.